The number of benzene rings is 2. The first-order valence-corrected chi connectivity index (χ1v) is 8.47. The van der Waals surface area contributed by atoms with E-state index in [-0.39, 0.29) is 27.8 Å². The highest BCUT2D eigenvalue weighted by Crippen LogP contribution is 2.28. The molecule has 2 aromatic rings. The second-order valence-electron chi connectivity index (χ2n) is 8.28. The number of aromatic hydroxyl groups is 2. The first-order chi connectivity index (χ1) is 11.9. The van der Waals surface area contributed by atoms with E-state index >= 15 is 0 Å². The molecule has 0 aliphatic rings. The van der Waals surface area contributed by atoms with Gasteiger partial charge >= 0.3 is 0 Å². The molecule has 0 aromatic heterocycles. The van der Waals surface area contributed by atoms with Gasteiger partial charge in [0.25, 0.3) is 0 Å². The van der Waals surface area contributed by atoms with Gasteiger partial charge in [-0.3, -0.25) is 9.59 Å². The Hall–Kier alpha value is -2.66. The molecule has 0 bridgehead atoms. The third-order valence-electron chi connectivity index (χ3n) is 3.94. The van der Waals surface area contributed by atoms with E-state index in [0.29, 0.717) is 11.1 Å². The maximum absolute atomic E-state index is 10.7. The molecule has 2 aromatic carbocycles. The highest BCUT2D eigenvalue weighted by Gasteiger charge is 2.18. The molecular formula is C22H30O5. The zero-order valence-corrected chi connectivity index (χ0v) is 16.8. The van der Waals surface area contributed by atoms with Gasteiger partial charge in [-0.1, -0.05) is 41.5 Å². The highest BCUT2D eigenvalue weighted by atomic mass is 16.3. The molecule has 0 aliphatic carbocycles. The Morgan fingerprint density at radius 3 is 1.19 bits per heavy atom. The fourth-order valence-electron chi connectivity index (χ4n) is 2.59. The van der Waals surface area contributed by atoms with Crippen LogP contribution in [0.25, 0.3) is 0 Å². The van der Waals surface area contributed by atoms with E-state index < -0.39 is 0 Å². The molecule has 0 unspecified atom stereocenters. The normalized spacial score (nSPS) is 10.9. The van der Waals surface area contributed by atoms with Gasteiger partial charge in [-0.25, -0.2) is 0 Å². The summed E-state index contributed by atoms with van der Waals surface area (Å²) in [5, 5.41) is 18.6. The van der Waals surface area contributed by atoms with Crippen molar-refractivity contribution in [3.05, 3.63) is 58.7 Å². The Labute approximate surface area is 161 Å². The summed E-state index contributed by atoms with van der Waals surface area (Å²) < 4.78 is 0. The molecule has 0 radical (unpaired) electrons. The molecule has 0 saturated heterocycles. The third kappa shape index (κ3) is 6.87. The van der Waals surface area contributed by atoms with Crippen molar-refractivity contribution in [1.82, 2.24) is 0 Å². The standard InChI is InChI=1S/2C11H14O2.H2O/c2*1-11(2,3)10-6-9(13)5-4-8(10)7-12;/h2*4-7,13H,1-3H3;1H2. The molecule has 27 heavy (non-hydrogen) atoms. The Bertz CT molecular complexity index is 713. The quantitative estimate of drug-likeness (QED) is 0.769. The lowest BCUT2D eigenvalue weighted by Gasteiger charge is -2.20. The van der Waals surface area contributed by atoms with Gasteiger partial charge < -0.3 is 15.7 Å². The molecular weight excluding hydrogens is 344 g/mol. The van der Waals surface area contributed by atoms with Crippen LogP contribution in [0.15, 0.2) is 36.4 Å². The van der Waals surface area contributed by atoms with Crippen LogP contribution in [-0.4, -0.2) is 28.3 Å². The maximum Gasteiger partial charge on any atom is 0.150 e. The van der Waals surface area contributed by atoms with Crippen LogP contribution in [0.1, 0.15) is 73.4 Å². The summed E-state index contributed by atoms with van der Waals surface area (Å²) in [6.45, 7) is 12.1. The average Bonchev–Trinajstić information content (AvgIpc) is 2.54. The van der Waals surface area contributed by atoms with Gasteiger partial charge in [0.05, 0.1) is 0 Å². The number of phenols is 2. The van der Waals surface area contributed by atoms with Gasteiger partial charge in [0, 0.05) is 11.1 Å². The van der Waals surface area contributed by atoms with Gasteiger partial charge in [0.1, 0.15) is 24.1 Å². The van der Waals surface area contributed by atoms with Crippen LogP contribution in [0.3, 0.4) is 0 Å². The minimum atomic E-state index is -0.116. The van der Waals surface area contributed by atoms with E-state index in [1.165, 1.54) is 12.1 Å². The van der Waals surface area contributed by atoms with Crippen LogP contribution in [0.4, 0.5) is 0 Å². The van der Waals surface area contributed by atoms with Crippen molar-refractivity contribution in [3.63, 3.8) is 0 Å². The number of phenolic OH excluding ortho intramolecular Hbond substituents is 2. The predicted molar refractivity (Wildman–Crippen MR) is 108 cm³/mol. The minimum absolute atomic E-state index is 0. The van der Waals surface area contributed by atoms with Gasteiger partial charge in [-0.05, 0) is 58.4 Å². The topological polar surface area (TPSA) is 106 Å². The molecule has 0 saturated carbocycles. The lowest BCUT2D eigenvalue weighted by molar-refractivity contribution is 0.111. The fourth-order valence-corrected chi connectivity index (χ4v) is 2.59. The largest absolute Gasteiger partial charge is 0.508 e. The molecule has 5 nitrogen and oxygen atoms in total. The minimum Gasteiger partial charge on any atom is -0.508 e. The molecule has 0 aliphatic heterocycles. The summed E-state index contributed by atoms with van der Waals surface area (Å²) in [5.41, 5.74) is 2.81. The van der Waals surface area contributed by atoms with Crippen LogP contribution >= 0.6 is 0 Å². The van der Waals surface area contributed by atoms with Crippen molar-refractivity contribution in [3.8, 4) is 11.5 Å². The number of carbonyl (C=O) groups is 2. The average molecular weight is 374 g/mol. The zero-order chi connectivity index (χ0) is 20.1. The van der Waals surface area contributed by atoms with E-state index in [1.807, 2.05) is 41.5 Å². The molecule has 5 heteroatoms. The van der Waals surface area contributed by atoms with Crippen molar-refractivity contribution in [2.24, 2.45) is 0 Å². The molecule has 0 atom stereocenters. The number of aldehydes is 2. The third-order valence-corrected chi connectivity index (χ3v) is 3.94. The molecule has 0 amide bonds. The van der Waals surface area contributed by atoms with Crippen molar-refractivity contribution in [2.75, 3.05) is 0 Å². The summed E-state index contributed by atoms with van der Waals surface area (Å²) in [5.74, 6) is 0.408. The van der Waals surface area contributed by atoms with E-state index in [2.05, 4.69) is 0 Å². The summed E-state index contributed by atoms with van der Waals surface area (Å²) >= 11 is 0. The van der Waals surface area contributed by atoms with E-state index in [4.69, 9.17) is 0 Å². The number of hydrogen-bond acceptors (Lipinski definition) is 4. The first-order valence-electron chi connectivity index (χ1n) is 8.47. The monoisotopic (exact) mass is 374 g/mol. The summed E-state index contributed by atoms with van der Waals surface area (Å²) in [7, 11) is 0. The number of hydrogen-bond donors (Lipinski definition) is 2. The smallest absolute Gasteiger partial charge is 0.150 e. The van der Waals surface area contributed by atoms with Gasteiger partial charge in [-0.2, -0.15) is 0 Å². The second-order valence-corrected chi connectivity index (χ2v) is 8.28. The van der Waals surface area contributed by atoms with Crippen molar-refractivity contribution in [1.29, 1.82) is 0 Å². The van der Waals surface area contributed by atoms with E-state index in [1.54, 1.807) is 24.3 Å². The maximum atomic E-state index is 10.7. The van der Waals surface area contributed by atoms with Crippen LogP contribution in [-0.2, 0) is 10.8 Å². The highest BCUT2D eigenvalue weighted by molar-refractivity contribution is 5.79. The zero-order valence-electron chi connectivity index (χ0n) is 16.8. The van der Waals surface area contributed by atoms with Crippen molar-refractivity contribution in [2.45, 2.75) is 52.4 Å². The molecule has 0 fully saturated rings. The fraction of sp³-hybridized carbons (Fsp3) is 0.364. The van der Waals surface area contributed by atoms with Crippen LogP contribution in [0, 0.1) is 0 Å². The molecule has 2 rings (SSSR count). The van der Waals surface area contributed by atoms with E-state index in [9.17, 15) is 19.8 Å². The predicted octanol–water partition coefficient (Wildman–Crippen LogP) is 4.18. The lowest BCUT2D eigenvalue weighted by atomic mass is 9.84. The molecule has 0 spiro atoms. The van der Waals surface area contributed by atoms with Crippen molar-refractivity contribution >= 4 is 12.6 Å². The van der Waals surface area contributed by atoms with Crippen LogP contribution < -0.4 is 0 Å². The van der Waals surface area contributed by atoms with Gasteiger partial charge in [-0.15, -0.1) is 0 Å². The Kier molecular flexibility index (Phi) is 8.41. The Balaban J connectivity index is 0.000000483. The summed E-state index contributed by atoms with van der Waals surface area (Å²) in [6.07, 6.45) is 1.64. The molecule has 4 N–H and O–H groups in total. The first kappa shape index (κ1) is 24.3. The number of rotatable bonds is 2. The lowest BCUT2D eigenvalue weighted by Crippen LogP contribution is -2.13. The Morgan fingerprint density at radius 1 is 0.667 bits per heavy atom. The summed E-state index contributed by atoms with van der Waals surface area (Å²) in [6, 6.07) is 9.62. The van der Waals surface area contributed by atoms with Crippen LogP contribution in [0.2, 0.25) is 0 Å². The van der Waals surface area contributed by atoms with Crippen molar-refractivity contribution < 1.29 is 25.3 Å². The SMILES string of the molecule is CC(C)(C)c1cc(O)ccc1C=O.CC(C)(C)c1cc(O)ccc1C=O.O. The molecule has 0 heterocycles. The Morgan fingerprint density at radius 2 is 0.963 bits per heavy atom. The molecule has 148 valence electrons. The summed E-state index contributed by atoms with van der Waals surface area (Å²) in [4.78, 5) is 21.4. The number of carbonyl (C=O) groups excluding carboxylic acids is 2. The second kappa shape index (κ2) is 9.33. The van der Waals surface area contributed by atoms with E-state index in [0.717, 1.165) is 23.7 Å². The van der Waals surface area contributed by atoms with Crippen LogP contribution in [0.5, 0.6) is 11.5 Å². The van der Waals surface area contributed by atoms with Gasteiger partial charge in [0.15, 0.2) is 0 Å². The van der Waals surface area contributed by atoms with Gasteiger partial charge in [0.2, 0.25) is 0 Å².